The van der Waals surface area contributed by atoms with Crippen molar-refractivity contribution in [2.75, 3.05) is 13.7 Å². The number of furan rings is 1. The summed E-state index contributed by atoms with van der Waals surface area (Å²) >= 11 is 0. The highest BCUT2D eigenvalue weighted by Crippen LogP contribution is 2.20. The minimum atomic E-state index is -0.325. The van der Waals surface area contributed by atoms with Gasteiger partial charge < -0.3 is 14.5 Å². The van der Waals surface area contributed by atoms with Crippen molar-refractivity contribution in [3.63, 3.8) is 0 Å². The topological polar surface area (TPSA) is 51.5 Å². The van der Waals surface area contributed by atoms with Crippen LogP contribution in [0.3, 0.4) is 0 Å². The Labute approximate surface area is 75.9 Å². The Hall–Kier alpha value is -1.29. The number of rotatable bonds is 1. The minimum absolute atomic E-state index is 0.325. The van der Waals surface area contributed by atoms with Crippen LogP contribution in [0.5, 0.6) is 0 Å². The number of fused-ring (bicyclic) bond motifs is 1. The first kappa shape index (κ1) is 8.31. The SMILES string of the molecule is COC(=O)c1coc2c1CNCC2. The standard InChI is InChI=1S/C9H11NO3/c1-12-9(11)7-5-13-8-2-3-10-4-6(7)8/h5,10H,2-4H2,1H3. The average molecular weight is 181 g/mol. The van der Waals surface area contributed by atoms with E-state index in [9.17, 15) is 4.79 Å². The monoisotopic (exact) mass is 181 g/mol. The Balaban J connectivity index is 2.36. The maximum Gasteiger partial charge on any atom is 0.341 e. The lowest BCUT2D eigenvalue weighted by Gasteiger charge is -2.11. The molecule has 2 heterocycles. The maximum atomic E-state index is 11.2. The maximum absolute atomic E-state index is 11.2. The molecule has 0 amide bonds. The third-order valence-corrected chi connectivity index (χ3v) is 2.22. The highest BCUT2D eigenvalue weighted by Gasteiger charge is 2.21. The van der Waals surface area contributed by atoms with Crippen LogP contribution in [0.25, 0.3) is 0 Å². The van der Waals surface area contributed by atoms with Crippen molar-refractivity contribution in [3.8, 4) is 0 Å². The number of methoxy groups -OCH3 is 1. The molecule has 1 aliphatic heterocycles. The van der Waals surface area contributed by atoms with E-state index in [0.717, 1.165) is 24.3 Å². The number of hydrogen-bond acceptors (Lipinski definition) is 4. The van der Waals surface area contributed by atoms with E-state index in [-0.39, 0.29) is 5.97 Å². The molecule has 0 unspecified atom stereocenters. The lowest BCUT2D eigenvalue weighted by atomic mass is 10.1. The summed E-state index contributed by atoms with van der Waals surface area (Å²) in [6.07, 6.45) is 2.32. The Morgan fingerprint density at radius 3 is 3.31 bits per heavy atom. The van der Waals surface area contributed by atoms with Crippen LogP contribution in [-0.4, -0.2) is 19.6 Å². The molecule has 4 nitrogen and oxygen atoms in total. The molecule has 0 spiro atoms. The molecule has 0 aliphatic carbocycles. The molecule has 2 rings (SSSR count). The largest absolute Gasteiger partial charge is 0.468 e. The van der Waals surface area contributed by atoms with Crippen molar-refractivity contribution in [1.82, 2.24) is 5.32 Å². The van der Waals surface area contributed by atoms with Gasteiger partial charge in [-0.15, -0.1) is 0 Å². The van der Waals surface area contributed by atoms with Gasteiger partial charge in [0.05, 0.1) is 7.11 Å². The van der Waals surface area contributed by atoms with E-state index in [1.807, 2.05) is 0 Å². The summed E-state index contributed by atoms with van der Waals surface area (Å²) in [5, 5.41) is 3.18. The molecule has 70 valence electrons. The van der Waals surface area contributed by atoms with Gasteiger partial charge >= 0.3 is 5.97 Å². The summed E-state index contributed by atoms with van der Waals surface area (Å²) in [4.78, 5) is 11.2. The summed E-state index contributed by atoms with van der Waals surface area (Å²) in [5.74, 6) is 0.577. The summed E-state index contributed by atoms with van der Waals surface area (Å²) in [5.41, 5.74) is 1.49. The molecule has 13 heavy (non-hydrogen) atoms. The van der Waals surface area contributed by atoms with Crippen molar-refractivity contribution in [1.29, 1.82) is 0 Å². The lowest BCUT2D eigenvalue weighted by molar-refractivity contribution is 0.0598. The summed E-state index contributed by atoms with van der Waals surface area (Å²) in [6, 6.07) is 0. The van der Waals surface area contributed by atoms with E-state index >= 15 is 0 Å². The Bertz CT molecular complexity index is 330. The number of hydrogen-bond donors (Lipinski definition) is 1. The van der Waals surface area contributed by atoms with Crippen LogP contribution in [0.2, 0.25) is 0 Å². The average Bonchev–Trinajstić information content (AvgIpc) is 2.60. The number of carbonyl (C=O) groups is 1. The van der Waals surface area contributed by atoms with Gasteiger partial charge in [0, 0.05) is 25.1 Å². The van der Waals surface area contributed by atoms with Crippen molar-refractivity contribution in [3.05, 3.63) is 23.2 Å². The fourth-order valence-corrected chi connectivity index (χ4v) is 1.52. The minimum Gasteiger partial charge on any atom is -0.468 e. The van der Waals surface area contributed by atoms with Crippen LogP contribution < -0.4 is 5.32 Å². The van der Waals surface area contributed by atoms with E-state index in [4.69, 9.17) is 4.42 Å². The second-order valence-electron chi connectivity index (χ2n) is 2.97. The van der Waals surface area contributed by atoms with Crippen molar-refractivity contribution in [2.24, 2.45) is 0 Å². The van der Waals surface area contributed by atoms with Gasteiger partial charge in [0.2, 0.25) is 0 Å². The molecule has 0 radical (unpaired) electrons. The Kier molecular flexibility index (Phi) is 2.06. The highest BCUT2D eigenvalue weighted by molar-refractivity contribution is 5.91. The zero-order valence-corrected chi connectivity index (χ0v) is 7.42. The van der Waals surface area contributed by atoms with Gasteiger partial charge in [-0.2, -0.15) is 0 Å². The molecule has 1 N–H and O–H groups in total. The molecular weight excluding hydrogens is 170 g/mol. The highest BCUT2D eigenvalue weighted by atomic mass is 16.5. The van der Waals surface area contributed by atoms with Crippen molar-refractivity contribution >= 4 is 5.97 Å². The summed E-state index contributed by atoms with van der Waals surface area (Å²) in [7, 11) is 1.37. The van der Waals surface area contributed by atoms with Gasteiger partial charge in [0.25, 0.3) is 0 Å². The number of esters is 1. The van der Waals surface area contributed by atoms with Crippen LogP contribution >= 0.6 is 0 Å². The Morgan fingerprint density at radius 2 is 2.54 bits per heavy atom. The third kappa shape index (κ3) is 1.33. The molecule has 0 bridgehead atoms. The van der Waals surface area contributed by atoms with E-state index in [1.165, 1.54) is 13.4 Å². The lowest BCUT2D eigenvalue weighted by Crippen LogP contribution is -2.24. The van der Waals surface area contributed by atoms with Gasteiger partial charge in [-0.05, 0) is 0 Å². The first-order valence-electron chi connectivity index (χ1n) is 4.21. The number of carbonyl (C=O) groups excluding carboxylic acids is 1. The van der Waals surface area contributed by atoms with Gasteiger partial charge in [0.1, 0.15) is 17.6 Å². The molecule has 0 fully saturated rings. The van der Waals surface area contributed by atoms with Crippen LogP contribution in [0, 0.1) is 0 Å². The molecular formula is C9H11NO3. The van der Waals surface area contributed by atoms with Gasteiger partial charge in [0.15, 0.2) is 0 Å². The number of ether oxygens (including phenoxy) is 1. The first-order chi connectivity index (χ1) is 6.33. The zero-order chi connectivity index (χ0) is 9.26. The van der Waals surface area contributed by atoms with Gasteiger partial charge in [-0.3, -0.25) is 0 Å². The molecule has 0 atom stereocenters. The molecule has 0 aromatic carbocycles. The predicted molar refractivity (Wildman–Crippen MR) is 45.5 cm³/mol. The van der Waals surface area contributed by atoms with Gasteiger partial charge in [-0.1, -0.05) is 0 Å². The van der Waals surface area contributed by atoms with E-state index in [1.54, 1.807) is 0 Å². The fraction of sp³-hybridized carbons (Fsp3) is 0.444. The molecule has 1 aliphatic rings. The van der Waals surface area contributed by atoms with Crippen molar-refractivity contribution in [2.45, 2.75) is 13.0 Å². The normalized spacial score (nSPS) is 15.2. The van der Waals surface area contributed by atoms with E-state index < -0.39 is 0 Å². The second kappa shape index (κ2) is 3.22. The quantitative estimate of drug-likeness (QED) is 0.648. The number of nitrogens with one attached hydrogen (secondary N) is 1. The molecule has 0 saturated carbocycles. The summed E-state index contributed by atoms with van der Waals surface area (Å²) in [6.45, 7) is 1.59. The van der Waals surface area contributed by atoms with Crippen LogP contribution in [0.4, 0.5) is 0 Å². The zero-order valence-electron chi connectivity index (χ0n) is 7.42. The van der Waals surface area contributed by atoms with Crippen LogP contribution in [-0.2, 0) is 17.7 Å². The second-order valence-corrected chi connectivity index (χ2v) is 2.97. The smallest absolute Gasteiger partial charge is 0.341 e. The van der Waals surface area contributed by atoms with E-state index in [2.05, 4.69) is 10.1 Å². The molecule has 0 saturated heterocycles. The third-order valence-electron chi connectivity index (χ3n) is 2.22. The van der Waals surface area contributed by atoms with Crippen LogP contribution in [0.15, 0.2) is 10.7 Å². The molecule has 4 heteroatoms. The van der Waals surface area contributed by atoms with Crippen LogP contribution in [0.1, 0.15) is 21.7 Å². The van der Waals surface area contributed by atoms with Crippen molar-refractivity contribution < 1.29 is 13.9 Å². The first-order valence-corrected chi connectivity index (χ1v) is 4.21. The fourth-order valence-electron chi connectivity index (χ4n) is 1.52. The summed E-state index contributed by atoms with van der Waals surface area (Å²) < 4.78 is 9.90. The predicted octanol–water partition coefficient (Wildman–Crippen LogP) is 0.712. The molecule has 1 aromatic heterocycles. The Morgan fingerprint density at radius 1 is 1.69 bits per heavy atom. The molecule has 1 aromatic rings. The van der Waals surface area contributed by atoms with E-state index in [0.29, 0.717) is 12.1 Å². The van der Waals surface area contributed by atoms with Gasteiger partial charge in [-0.25, -0.2) is 4.79 Å².